The van der Waals surface area contributed by atoms with Crippen molar-refractivity contribution in [2.24, 2.45) is 0 Å². The van der Waals surface area contributed by atoms with Gasteiger partial charge in [-0.3, -0.25) is 4.79 Å². The Labute approximate surface area is 102 Å². The van der Waals surface area contributed by atoms with E-state index in [2.05, 4.69) is 31.5 Å². The first-order valence-electron chi connectivity index (χ1n) is 4.39. The number of nitrogens with one attached hydrogen (secondary N) is 2. The third-order valence-electron chi connectivity index (χ3n) is 1.60. The maximum absolute atomic E-state index is 10.6. The van der Waals surface area contributed by atoms with E-state index in [1.807, 2.05) is 0 Å². The summed E-state index contributed by atoms with van der Waals surface area (Å²) in [5, 5.41) is 6.23. The van der Waals surface area contributed by atoms with Crippen LogP contribution in [0.5, 0.6) is 0 Å². The molecule has 0 spiro atoms. The quantitative estimate of drug-likeness (QED) is 0.835. The molecular weight excluding hydrogens is 281 g/mol. The van der Waals surface area contributed by atoms with Crippen molar-refractivity contribution in [2.75, 3.05) is 18.4 Å². The van der Waals surface area contributed by atoms with Gasteiger partial charge in [-0.05, 0) is 22.0 Å². The molecule has 1 aromatic heterocycles. The van der Waals surface area contributed by atoms with Crippen molar-refractivity contribution in [1.82, 2.24) is 10.3 Å². The predicted molar refractivity (Wildman–Crippen MR) is 64.1 cm³/mol. The van der Waals surface area contributed by atoms with Crippen LogP contribution < -0.4 is 10.6 Å². The molecule has 1 heterocycles. The van der Waals surface area contributed by atoms with Gasteiger partial charge in [-0.25, -0.2) is 4.98 Å². The molecule has 0 bridgehead atoms. The van der Waals surface area contributed by atoms with Crippen LogP contribution in [0.4, 0.5) is 5.82 Å². The van der Waals surface area contributed by atoms with Gasteiger partial charge in [0, 0.05) is 30.7 Å². The minimum Gasteiger partial charge on any atom is -0.367 e. The van der Waals surface area contributed by atoms with Crippen molar-refractivity contribution in [3.05, 3.63) is 21.8 Å². The second kappa shape index (κ2) is 5.92. The van der Waals surface area contributed by atoms with Gasteiger partial charge in [0.25, 0.3) is 0 Å². The normalized spacial score (nSPS) is 9.80. The highest BCUT2D eigenvalue weighted by molar-refractivity contribution is 9.10. The minimum atomic E-state index is -0.0494. The van der Waals surface area contributed by atoms with Crippen LogP contribution in [0.15, 0.2) is 16.7 Å². The highest BCUT2D eigenvalue weighted by Crippen LogP contribution is 2.22. The molecule has 1 aromatic rings. The Hall–Kier alpha value is -0.810. The van der Waals surface area contributed by atoms with E-state index in [0.29, 0.717) is 23.9 Å². The molecule has 6 heteroatoms. The monoisotopic (exact) mass is 291 g/mol. The van der Waals surface area contributed by atoms with Gasteiger partial charge in [0.05, 0.1) is 5.02 Å². The standard InChI is InChI=1S/C9H11BrClN3O/c1-6(15)12-2-3-13-9-8(11)4-7(10)5-14-9/h4-5H,2-3H2,1H3,(H,12,15)(H,13,14). The zero-order valence-electron chi connectivity index (χ0n) is 8.18. The highest BCUT2D eigenvalue weighted by atomic mass is 79.9. The van der Waals surface area contributed by atoms with Crippen LogP contribution in [0.25, 0.3) is 0 Å². The fourth-order valence-electron chi connectivity index (χ4n) is 0.964. The van der Waals surface area contributed by atoms with E-state index in [-0.39, 0.29) is 5.91 Å². The molecule has 0 radical (unpaired) electrons. The summed E-state index contributed by atoms with van der Waals surface area (Å²) in [6.45, 7) is 2.61. The molecule has 2 N–H and O–H groups in total. The summed E-state index contributed by atoms with van der Waals surface area (Å²) >= 11 is 9.19. The Balaban J connectivity index is 2.40. The largest absolute Gasteiger partial charge is 0.367 e. The van der Waals surface area contributed by atoms with Crippen LogP contribution in [0.3, 0.4) is 0 Å². The second-order valence-corrected chi connectivity index (χ2v) is 4.22. The smallest absolute Gasteiger partial charge is 0.216 e. The van der Waals surface area contributed by atoms with E-state index in [9.17, 15) is 4.79 Å². The first-order valence-corrected chi connectivity index (χ1v) is 5.56. The fraction of sp³-hybridized carbons (Fsp3) is 0.333. The summed E-state index contributed by atoms with van der Waals surface area (Å²) < 4.78 is 0.833. The molecule has 0 fully saturated rings. The van der Waals surface area contributed by atoms with Gasteiger partial charge in [-0.15, -0.1) is 0 Å². The van der Waals surface area contributed by atoms with Gasteiger partial charge in [-0.2, -0.15) is 0 Å². The Bertz CT molecular complexity index is 359. The number of amides is 1. The molecule has 0 aliphatic heterocycles. The number of carbonyl (C=O) groups is 1. The van der Waals surface area contributed by atoms with Crippen LogP contribution in [0.2, 0.25) is 5.02 Å². The number of halogens is 2. The molecule has 0 aromatic carbocycles. The van der Waals surface area contributed by atoms with E-state index < -0.39 is 0 Å². The number of hydrogen-bond donors (Lipinski definition) is 2. The molecule has 0 aliphatic rings. The summed E-state index contributed by atoms with van der Waals surface area (Å²) in [4.78, 5) is 14.7. The predicted octanol–water partition coefficient (Wildman–Crippen LogP) is 2.05. The van der Waals surface area contributed by atoms with Gasteiger partial charge in [0.15, 0.2) is 0 Å². The Morgan fingerprint density at radius 2 is 2.33 bits per heavy atom. The van der Waals surface area contributed by atoms with Crippen LogP contribution in [-0.2, 0) is 4.79 Å². The summed E-state index contributed by atoms with van der Waals surface area (Å²) in [5.41, 5.74) is 0. The van der Waals surface area contributed by atoms with Crippen LogP contribution in [-0.4, -0.2) is 24.0 Å². The molecule has 0 saturated heterocycles. The summed E-state index contributed by atoms with van der Waals surface area (Å²) in [5.74, 6) is 0.567. The Morgan fingerprint density at radius 1 is 1.60 bits per heavy atom. The molecule has 1 rings (SSSR count). The van der Waals surface area contributed by atoms with E-state index >= 15 is 0 Å². The maximum atomic E-state index is 10.6. The van der Waals surface area contributed by atoms with Crippen molar-refractivity contribution in [3.63, 3.8) is 0 Å². The molecule has 15 heavy (non-hydrogen) atoms. The van der Waals surface area contributed by atoms with Crippen molar-refractivity contribution < 1.29 is 4.79 Å². The third kappa shape index (κ3) is 4.48. The van der Waals surface area contributed by atoms with E-state index in [0.717, 1.165) is 4.47 Å². The van der Waals surface area contributed by atoms with Crippen LogP contribution >= 0.6 is 27.5 Å². The van der Waals surface area contributed by atoms with Crippen molar-refractivity contribution >= 4 is 39.3 Å². The van der Waals surface area contributed by atoms with Crippen LogP contribution in [0, 0.1) is 0 Å². The zero-order chi connectivity index (χ0) is 11.3. The van der Waals surface area contributed by atoms with Crippen molar-refractivity contribution in [3.8, 4) is 0 Å². The summed E-state index contributed by atoms with van der Waals surface area (Å²) in [7, 11) is 0. The lowest BCUT2D eigenvalue weighted by molar-refractivity contribution is -0.118. The lowest BCUT2D eigenvalue weighted by Crippen LogP contribution is -2.26. The summed E-state index contributed by atoms with van der Waals surface area (Å²) in [6, 6.07) is 1.76. The van der Waals surface area contributed by atoms with Gasteiger partial charge < -0.3 is 10.6 Å². The number of aromatic nitrogens is 1. The second-order valence-electron chi connectivity index (χ2n) is 2.89. The summed E-state index contributed by atoms with van der Waals surface area (Å²) in [6.07, 6.45) is 1.66. The average Bonchev–Trinajstić information content (AvgIpc) is 2.14. The number of hydrogen-bond acceptors (Lipinski definition) is 3. The van der Waals surface area contributed by atoms with E-state index in [1.165, 1.54) is 6.92 Å². The molecule has 0 atom stereocenters. The fourth-order valence-corrected chi connectivity index (χ4v) is 1.66. The van der Waals surface area contributed by atoms with E-state index in [1.54, 1.807) is 12.3 Å². The number of nitrogens with zero attached hydrogens (tertiary/aromatic N) is 1. The Kier molecular flexibility index (Phi) is 4.84. The number of pyridine rings is 1. The van der Waals surface area contributed by atoms with Gasteiger partial charge in [0.1, 0.15) is 5.82 Å². The first-order chi connectivity index (χ1) is 7.09. The van der Waals surface area contributed by atoms with Crippen molar-refractivity contribution in [1.29, 1.82) is 0 Å². The molecule has 82 valence electrons. The molecule has 0 unspecified atom stereocenters. The molecular formula is C9H11BrClN3O. The minimum absolute atomic E-state index is 0.0494. The molecule has 0 saturated carbocycles. The van der Waals surface area contributed by atoms with E-state index in [4.69, 9.17) is 11.6 Å². The number of rotatable bonds is 4. The van der Waals surface area contributed by atoms with Gasteiger partial charge >= 0.3 is 0 Å². The van der Waals surface area contributed by atoms with Crippen molar-refractivity contribution in [2.45, 2.75) is 6.92 Å². The van der Waals surface area contributed by atoms with Gasteiger partial charge in [0.2, 0.25) is 5.91 Å². The molecule has 4 nitrogen and oxygen atoms in total. The third-order valence-corrected chi connectivity index (χ3v) is 2.32. The average molecular weight is 293 g/mol. The first kappa shape index (κ1) is 12.3. The SMILES string of the molecule is CC(=O)NCCNc1ncc(Br)cc1Cl. The molecule has 1 amide bonds. The zero-order valence-corrected chi connectivity index (χ0v) is 10.5. The van der Waals surface area contributed by atoms with Gasteiger partial charge in [-0.1, -0.05) is 11.6 Å². The lowest BCUT2D eigenvalue weighted by atomic mass is 10.4. The highest BCUT2D eigenvalue weighted by Gasteiger charge is 2.01. The Morgan fingerprint density at radius 3 is 2.93 bits per heavy atom. The molecule has 0 aliphatic carbocycles. The maximum Gasteiger partial charge on any atom is 0.216 e. The number of anilines is 1. The topological polar surface area (TPSA) is 54.0 Å². The number of carbonyl (C=O) groups excluding carboxylic acids is 1. The van der Waals surface area contributed by atoms with Crippen LogP contribution in [0.1, 0.15) is 6.92 Å². The lowest BCUT2D eigenvalue weighted by Gasteiger charge is -2.07.